The Morgan fingerprint density at radius 3 is 2.73 bits per heavy atom. The molecule has 0 spiro atoms. The van der Waals surface area contributed by atoms with E-state index < -0.39 is 0 Å². The van der Waals surface area contributed by atoms with E-state index in [0.29, 0.717) is 23.8 Å². The van der Waals surface area contributed by atoms with E-state index >= 15 is 0 Å². The van der Waals surface area contributed by atoms with Crippen LogP contribution in [-0.2, 0) is 0 Å². The van der Waals surface area contributed by atoms with Crippen molar-refractivity contribution in [1.82, 2.24) is 35.0 Å². The van der Waals surface area contributed by atoms with Crippen LogP contribution < -0.4 is 9.47 Å². The molecule has 37 heavy (non-hydrogen) atoms. The first kappa shape index (κ1) is 21.3. The van der Waals surface area contributed by atoms with Crippen LogP contribution in [-0.4, -0.2) is 68.7 Å². The maximum Gasteiger partial charge on any atom is 0.231 e. The van der Waals surface area contributed by atoms with Gasteiger partial charge in [0.2, 0.25) is 6.79 Å². The Hall–Kier alpha value is -4.99. The third-order valence-corrected chi connectivity index (χ3v) is 6.43. The molecule has 7 rings (SSSR count). The Balaban J connectivity index is 1.32. The number of nitrogens with one attached hydrogen (secondary N) is 2. The molecule has 6 heterocycles. The molecule has 10 heteroatoms. The van der Waals surface area contributed by atoms with Gasteiger partial charge in [0.25, 0.3) is 0 Å². The molecule has 2 aliphatic heterocycles. The highest BCUT2D eigenvalue weighted by atomic mass is 16.7. The summed E-state index contributed by atoms with van der Waals surface area (Å²) in [5.41, 5.74) is 8.32. The summed E-state index contributed by atoms with van der Waals surface area (Å²) in [5.74, 6) is 2.04. The minimum atomic E-state index is 0.223. The summed E-state index contributed by atoms with van der Waals surface area (Å²) in [6.07, 6.45) is 7.81. The number of ether oxygens (including phenoxy) is 2. The summed E-state index contributed by atoms with van der Waals surface area (Å²) in [6.45, 7) is 0.820. The molecule has 0 atom stereocenters. The Bertz CT molecular complexity index is 1780. The maximum atomic E-state index is 5.55. The summed E-state index contributed by atoms with van der Waals surface area (Å²) in [7, 11) is 4.00. The van der Waals surface area contributed by atoms with Crippen molar-refractivity contribution in [2.45, 2.75) is 0 Å². The Labute approximate surface area is 211 Å². The number of aromatic amines is 2. The Morgan fingerprint density at radius 1 is 0.919 bits per heavy atom. The molecule has 2 aliphatic rings. The SMILES string of the molecule is CN(C)C1=CC(c2ccc3[nH]nc(-c4nc5c(-c6ccc7c(c6)OCO7)nccc5[nH]4)c3n2)=CCN=C1. The fourth-order valence-corrected chi connectivity index (χ4v) is 4.50. The van der Waals surface area contributed by atoms with Crippen molar-refractivity contribution in [2.24, 2.45) is 4.99 Å². The summed E-state index contributed by atoms with van der Waals surface area (Å²) in [6, 6.07) is 11.7. The lowest BCUT2D eigenvalue weighted by Gasteiger charge is -2.12. The van der Waals surface area contributed by atoms with Gasteiger partial charge in [-0.05, 0) is 42.5 Å². The lowest BCUT2D eigenvalue weighted by Crippen LogP contribution is -2.12. The molecule has 0 bridgehead atoms. The van der Waals surface area contributed by atoms with Crippen LogP contribution in [0.15, 0.2) is 65.4 Å². The predicted octanol–water partition coefficient (Wildman–Crippen LogP) is 4.21. The number of hydrogen-bond donors (Lipinski definition) is 2. The number of pyridine rings is 2. The molecule has 0 aliphatic carbocycles. The normalized spacial score (nSPS) is 14.6. The minimum Gasteiger partial charge on any atom is -0.454 e. The van der Waals surface area contributed by atoms with Crippen molar-refractivity contribution >= 4 is 33.9 Å². The number of nitrogens with zero attached hydrogens (tertiary/aromatic N) is 6. The van der Waals surface area contributed by atoms with Crippen LogP contribution in [0.2, 0.25) is 0 Å². The highest BCUT2D eigenvalue weighted by Crippen LogP contribution is 2.37. The van der Waals surface area contributed by atoms with Gasteiger partial charge >= 0.3 is 0 Å². The minimum absolute atomic E-state index is 0.223. The lowest BCUT2D eigenvalue weighted by molar-refractivity contribution is 0.174. The zero-order valence-corrected chi connectivity index (χ0v) is 20.2. The quantitative estimate of drug-likeness (QED) is 0.388. The third kappa shape index (κ3) is 3.61. The van der Waals surface area contributed by atoms with E-state index in [1.807, 2.05) is 61.6 Å². The monoisotopic (exact) mass is 490 g/mol. The van der Waals surface area contributed by atoms with E-state index in [-0.39, 0.29) is 6.79 Å². The zero-order valence-electron chi connectivity index (χ0n) is 20.2. The van der Waals surface area contributed by atoms with E-state index in [1.165, 1.54) is 0 Å². The Kier molecular flexibility index (Phi) is 4.78. The van der Waals surface area contributed by atoms with Gasteiger partial charge in [-0.2, -0.15) is 5.10 Å². The van der Waals surface area contributed by atoms with Gasteiger partial charge in [-0.3, -0.25) is 15.1 Å². The fourth-order valence-electron chi connectivity index (χ4n) is 4.50. The highest BCUT2D eigenvalue weighted by Gasteiger charge is 2.20. The summed E-state index contributed by atoms with van der Waals surface area (Å²) in [4.78, 5) is 24.4. The van der Waals surface area contributed by atoms with E-state index in [1.54, 1.807) is 6.20 Å². The Morgan fingerprint density at radius 2 is 1.81 bits per heavy atom. The molecule has 4 aromatic heterocycles. The van der Waals surface area contributed by atoms with Gasteiger partial charge in [0, 0.05) is 37.6 Å². The molecule has 1 aromatic carbocycles. The molecular formula is C27H22N8O2. The molecule has 0 unspecified atom stereocenters. The van der Waals surface area contributed by atoms with Gasteiger partial charge in [0.05, 0.1) is 34.7 Å². The van der Waals surface area contributed by atoms with Gasteiger partial charge in [-0.15, -0.1) is 0 Å². The number of fused-ring (bicyclic) bond motifs is 3. The van der Waals surface area contributed by atoms with Crippen LogP contribution >= 0.6 is 0 Å². The van der Waals surface area contributed by atoms with Gasteiger partial charge in [0.1, 0.15) is 11.0 Å². The van der Waals surface area contributed by atoms with Crippen LogP contribution in [0.3, 0.4) is 0 Å². The molecule has 5 aromatic rings. The van der Waals surface area contributed by atoms with Crippen molar-refractivity contribution in [3.05, 3.63) is 66.1 Å². The van der Waals surface area contributed by atoms with Gasteiger partial charge in [-0.1, -0.05) is 6.08 Å². The van der Waals surface area contributed by atoms with Crippen molar-refractivity contribution in [3.8, 4) is 34.3 Å². The zero-order chi connectivity index (χ0) is 24.9. The second-order valence-corrected chi connectivity index (χ2v) is 8.99. The number of benzene rings is 1. The van der Waals surface area contributed by atoms with Gasteiger partial charge in [-0.25, -0.2) is 9.97 Å². The molecule has 182 valence electrons. The summed E-state index contributed by atoms with van der Waals surface area (Å²) < 4.78 is 11.0. The molecule has 0 saturated heterocycles. The number of imidazole rings is 1. The molecule has 0 fully saturated rings. The van der Waals surface area contributed by atoms with Crippen molar-refractivity contribution < 1.29 is 9.47 Å². The van der Waals surface area contributed by atoms with E-state index in [4.69, 9.17) is 19.4 Å². The first-order valence-corrected chi connectivity index (χ1v) is 11.8. The molecular weight excluding hydrogens is 468 g/mol. The van der Waals surface area contributed by atoms with Crippen molar-refractivity contribution in [3.63, 3.8) is 0 Å². The van der Waals surface area contributed by atoms with Crippen LogP contribution in [0.1, 0.15) is 5.69 Å². The lowest BCUT2D eigenvalue weighted by atomic mass is 10.1. The molecule has 10 nitrogen and oxygen atoms in total. The highest BCUT2D eigenvalue weighted by molar-refractivity contribution is 5.95. The molecule has 0 saturated carbocycles. The standard InChI is InChI=1S/C27H22N8O2/c1-35(2)17-11-15(7-9-28-13-17)18-4-5-20-25(30-18)26(34-33-20)27-31-19-8-10-29-23(24(19)32-27)16-3-6-21-22(12-16)37-14-36-21/h3-8,10-13H,9,14H2,1-2H3,(H,31,32)(H,33,34). The second kappa shape index (κ2) is 8.30. The number of H-pyrrole nitrogens is 2. The van der Waals surface area contributed by atoms with Crippen molar-refractivity contribution in [1.29, 1.82) is 0 Å². The maximum absolute atomic E-state index is 5.55. The van der Waals surface area contributed by atoms with Gasteiger partial charge < -0.3 is 19.4 Å². The average Bonchev–Trinajstić information content (AvgIpc) is 3.61. The van der Waals surface area contributed by atoms with Crippen LogP contribution in [0.5, 0.6) is 11.5 Å². The van der Waals surface area contributed by atoms with Crippen LogP contribution in [0.4, 0.5) is 0 Å². The summed E-state index contributed by atoms with van der Waals surface area (Å²) in [5, 5.41) is 7.64. The predicted molar refractivity (Wildman–Crippen MR) is 141 cm³/mol. The second-order valence-electron chi connectivity index (χ2n) is 8.99. The van der Waals surface area contributed by atoms with Gasteiger partial charge in [0.15, 0.2) is 23.0 Å². The van der Waals surface area contributed by atoms with E-state index in [9.17, 15) is 0 Å². The first-order chi connectivity index (χ1) is 18.1. The van der Waals surface area contributed by atoms with Crippen LogP contribution in [0.25, 0.3) is 50.4 Å². The third-order valence-electron chi connectivity index (χ3n) is 6.43. The first-order valence-electron chi connectivity index (χ1n) is 11.8. The van der Waals surface area contributed by atoms with Crippen molar-refractivity contribution in [2.75, 3.05) is 27.4 Å². The number of rotatable bonds is 4. The fraction of sp³-hybridized carbons (Fsp3) is 0.148. The number of hydrogen-bond acceptors (Lipinski definition) is 8. The van der Waals surface area contributed by atoms with E-state index in [2.05, 4.69) is 37.3 Å². The smallest absolute Gasteiger partial charge is 0.231 e. The topological polar surface area (TPSA) is 117 Å². The number of allylic oxidation sites excluding steroid dienone is 3. The largest absolute Gasteiger partial charge is 0.454 e. The number of aromatic nitrogens is 6. The average molecular weight is 491 g/mol. The number of aliphatic imine (C=N–C) groups is 1. The molecule has 0 radical (unpaired) electrons. The molecule has 2 N–H and O–H groups in total. The summed E-state index contributed by atoms with van der Waals surface area (Å²) >= 11 is 0. The molecule has 0 amide bonds. The van der Waals surface area contributed by atoms with Crippen LogP contribution in [0, 0.1) is 0 Å². The van der Waals surface area contributed by atoms with E-state index in [0.717, 1.165) is 56.0 Å².